The lowest BCUT2D eigenvalue weighted by Crippen LogP contribution is -2.10. The molecular weight excluding hydrogens is 488 g/mol. The minimum atomic E-state index is -1.30. The molecule has 0 aliphatic carbocycles. The van der Waals surface area contributed by atoms with Gasteiger partial charge in [0.15, 0.2) is 0 Å². The maximum atomic E-state index is 12.7. The number of aliphatic hydroxyl groups excluding tert-OH is 1. The van der Waals surface area contributed by atoms with E-state index in [0.29, 0.717) is 5.56 Å². The van der Waals surface area contributed by atoms with Crippen molar-refractivity contribution in [2.45, 2.75) is 6.29 Å². The lowest BCUT2D eigenvalue weighted by atomic mass is 10.1. The van der Waals surface area contributed by atoms with E-state index in [2.05, 4.69) is 9.97 Å². The Kier molecular flexibility index (Phi) is 7.21. The highest BCUT2D eigenvalue weighted by molar-refractivity contribution is 6.30. The Morgan fingerprint density at radius 2 is 1.32 bits per heavy atom. The van der Waals surface area contributed by atoms with Gasteiger partial charge in [-0.1, -0.05) is 72.3 Å². The number of pyridine rings is 2. The molecule has 0 radical (unpaired) electrons. The number of benzene rings is 3. The number of halogens is 1. The predicted octanol–water partition coefficient (Wildman–Crippen LogP) is 6.75. The topological polar surface area (TPSA) is 81.5 Å². The van der Waals surface area contributed by atoms with E-state index in [4.69, 9.17) is 21.1 Å². The van der Waals surface area contributed by atoms with E-state index in [9.17, 15) is 9.90 Å². The number of hydrogen-bond acceptors (Lipinski definition) is 6. The molecule has 2 heterocycles. The van der Waals surface area contributed by atoms with Crippen LogP contribution < -0.4 is 9.47 Å². The molecule has 5 aromatic rings. The average molecular weight is 509 g/mol. The summed E-state index contributed by atoms with van der Waals surface area (Å²) in [7, 11) is 0. The summed E-state index contributed by atoms with van der Waals surface area (Å²) >= 11 is 6.21. The Morgan fingerprint density at radius 1 is 0.730 bits per heavy atom. The molecule has 0 amide bonds. The van der Waals surface area contributed by atoms with Crippen molar-refractivity contribution in [2.24, 2.45) is 0 Å². The lowest BCUT2D eigenvalue weighted by molar-refractivity contribution is -0.0197. The molecule has 1 atom stereocenters. The number of esters is 1. The SMILES string of the molecule is O=C(Oc1cc(Cl)cc(OC(O)c2ccc(-c3ccccc3)nc2)c1)c1ccc(-c2ccccc2)nc1. The summed E-state index contributed by atoms with van der Waals surface area (Å²) in [5.41, 5.74) is 4.18. The summed E-state index contributed by atoms with van der Waals surface area (Å²) < 4.78 is 11.1. The van der Waals surface area contributed by atoms with Crippen molar-refractivity contribution in [3.63, 3.8) is 0 Å². The van der Waals surface area contributed by atoms with E-state index in [-0.39, 0.29) is 22.1 Å². The van der Waals surface area contributed by atoms with Gasteiger partial charge >= 0.3 is 5.97 Å². The quantitative estimate of drug-likeness (QED) is 0.149. The first-order valence-corrected chi connectivity index (χ1v) is 11.8. The van der Waals surface area contributed by atoms with Gasteiger partial charge in [-0.05, 0) is 36.4 Å². The Labute approximate surface area is 218 Å². The second kappa shape index (κ2) is 11.0. The minimum absolute atomic E-state index is 0.171. The molecule has 6 nitrogen and oxygen atoms in total. The second-order valence-electron chi connectivity index (χ2n) is 8.12. The molecule has 0 aliphatic rings. The Morgan fingerprint density at radius 3 is 1.89 bits per heavy atom. The third kappa shape index (κ3) is 6.01. The van der Waals surface area contributed by atoms with Gasteiger partial charge in [0.2, 0.25) is 6.29 Å². The number of rotatable bonds is 7. The minimum Gasteiger partial charge on any atom is -0.461 e. The first-order valence-electron chi connectivity index (χ1n) is 11.5. The fraction of sp³-hybridized carbons (Fsp3) is 0.0333. The van der Waals surface area contributed by atoms with Crippen molar-refractivity contribution < 1.29 is 19.4 Å². The Bertz CT molecular complexity index is 1490. The molecule has 0 saturated carbocycles. The summed E-state index contributed by atoms with van der Waals surface area (Å²) in [5, 5.41) is 10.9. The van der Waals surface area contributed by atoms with Gasteiger partial charge in [0.1, 0.15) is 11.5 Å². The molecule has 0 bridgehead atoms. The third-order valence-electron chi connectivity index (χ3n) is 5.51. The van der Waals surface area contributed by atoms with Crippen LogP contribution in [0, 0.1) is 0 Å². The van der Waals surface area contributed by atoms with Crippen LogP contribution >= 0.6 is 11.6 Å². The molecule has 182 valence electrons. The van der Waals surface area contributed by atoms with Gasteiger partial charge in [-0.25, -0.2) is 4.79 Å². The van der Waals surface area contributed by atoms with E-state index >= 15 is 0 Å². The zero-order valence-corrected chi connectivity index (χ0v) is 20.2. The second-order valence-corrected chi connectivity index (χ2v) is 8.56. The van der Waals surface area contributed by atoms with Crippen molar-refractivity contribution >= 4 is 17.6 Å². The number of nitrogens with zero attached hydrogens (tertiary/aromatic N) is 2. The van der Waals surface area contributed by atoms with Crippen LogP contribution in [-0.2, 0) is 0 Å². The summed E-state index contributed by atoms with van der Waals surface area (Å²) in [5.74, 6) is -0.196. The number of hydrogen-bond donors (Lipinski definition) is 1. The van der Waals surface area contributed by atoms with Gasteiger partial charge in [-0.15, -0.1) is 0 Å². The van der Waals surface area contributed by atoms with Crippen LogP contribution in [-0.4, -0.2) is 21.0 Å². The molecule has 0 aliphatic heterocycles. The van der Waals surface area contributed by atoms with Crippen molar-refractivity contribution in [3.05, 3.63) is 132 Å². The van der Waals surface area contributed by atoms with Crippen molar-refractivity contribution in [1.29, 1.82) is 0 Å². The Hall–Kier alpha value is -4.52. The largest absolute Gasteiger partial charge is 0.461 e. The fourth-order valence-corrected chi connectivity index (χ4v) is 3.87. The molecule has 1 unspecified atom stereocenters. The zero-order chi connectivity index (χ0) is 25.6. The standard InChI is InChI=1S/C30H21ClN2O4/c31-24-15-25(36-29(34)22-11-13-27(32-18-22)20-7-3-1-4-8-20)17-26(16-24)37-30(35)23-12-14-28(33-19-23)21-9-5-2-6-10-21/h1-19,29,34H. The summed E-state index contributed by atoms with van der Waals surface area (Å²) in [6.45, 7) is 0. The van der Waals surface area contributed by atoms with Gasteiger partial charge in [0.25, 0.3) is 0 Å². The summed E-state index contributed by atoms with van der Waals surface area (Å²) in [6, 6.07) is 30.8. The number of carbonyl (C=O) groups excluding carboxylic acids is 1. The van der Waals surface area contributed by atoms with E-state index in [1.54, 1.807) is 30.5 Å². The highest BCUT2D eigenvalue weighted by Crippen LogP contribution is 2.30. The highest BCUT2D eigenvalue weighted by atomic mass is 35.5. The van der Waals surface area contributed by atoms with Crippen LogP contribution in [0.3, 0.4) is 0 Å². The van der Waals surface area contributed by atoms with Crippen LogP contribution in [0.5, 0.6) is 11.5 Å². The van der Waals surface area contributed by atoms with Crippen LogP contribution in [0.1, 0.15) is 22.2 Å². The molecular formula is C30H21ClN2O4. The average Bonchev–Trinajstić information content (AvgIpc) is 2.94. The molecule has 2 aromatic heterocycles. The highest BCUT2D eigenvalue weighted by Gasteiger charge is 2.15. The molecule has 37 heavy (non-hydrogen) atoms. The third-order valence-corrected chi connectivity index (χ3v) is 5.73. The zero-order valence-electron chi connectivity index (χ0n) is 19.5. The smallest absolute Gasteiger partial charge is 0.345 e. The molecule has 7 heteroatoms. The first-order chi connectivity index (χ1) is 18.0. The van der Waals surface area contributed by atoms with Crippen molar-refractivity contribution in [3.8, 4) is 34.0 Å². The molecule has 0 saturated heterocycles. The maximum absolute atomic E-state index is 12.7. The number of aliphatic hydroxyl groups is 1. The molecule has 3 aromatic carbocycles. The van der Waals surface area contributed by atoms with Gasteiger partial charge in [0, 0.05) is 40.2 Å². The van der Waals surface area contributed by atoms with Crippen LogP contribution in [0.15, 0.2) is 116 Å². The fourth-order valence-electron chi connectivity index (χ4n) is 3.65. The van der Waals surface area contributed by atoms with E-state index in [0.717, 1.165) is 22.5 Å². The Balaban J connectivity index is 1.26. The first kappa shape index (κ1) is 24.2. The summed E-state index contributed by atoms with van der Waals surface area (Å²) in [4.78, 5) is 21.4. The van der Waals surface area contributed by atoms with Gasteiger partial charge in [0.05, 0.1) is 17.0 Å². The molecule has 0 spiro atoms. The van der Waals surface area contributed by atoms with Crippen LogP contribution in [0.4, 0.5) is 0 Å². The van der Waals surface area contributed by atoms with E-state index in [1.165, 1.54) is 24.4 Å². The number of carbonyl (C=O) groups is 1. The number of ether oxygens (including phenoxy) is 2. The normalized spacial score (nSPS) is 11.5. The molecule has 5 rings (SSSR count). The van der Waals surface area contributed by atoms with Gasteiger partial charge in [-0.2, -0.15) is 0 Å². The van der Waals surface area contributed by atoms with E-state index in [1.807, 2.05) is 60.7 Å². The number of aromatic nitrogens is 2. The van der Waals surface area contributed by atoms with Crippen molar-refractivity contribution in [2.75, 3.05) is 0 Å². The van der Waals surface area contributed by atoms with Crippen molar-refractivity contribution in [1.82, 2.24) is 9.97 Å². The predicted molar refractivity (Wildman–Crippen MR) is 141 cm³/mol. The maximum Gasteiger partial charge on any atom is 0.345 e. The molecule has 1 N–H and O–H groups in total. The van der Waals surface area contributed by atoms with E-state index < -0.39 is 12.3 Å². The van der Waals surface area contributed by atoms with Gasteiger partial charge < -0.3 is 14.6 Å². The van der Waals surface area contributed by atoms with Crippen LogP contribution in [0.2, 0.25) is 5.02 Å². The summed E-state index contributed by atoms with van der Waals surface area (Å²) in [6.07, 6.45) is 1.71. The monoisotopic (exact) mass is 508 g/mol. The molecule has 0 fully saturated rings. The van der Waals surface area contributed by atoms with Gasteiger partial charge in [-0.3, -0.25) is 9.97 Å². The lowest BCUT2D eigenvalue weighted by Gasteiger charge is -2.15. The van der Waals surface area contributed by atoms with Crippen LogP contribution in [0.25, 0.3) is 22.5 Å².